The lowest BCUT2D eigenvalue weighted by atomic mass is 9.84. The molecule has 1 aromatic rings. The van der Waals surface area contributed by atoms with Crippen LogP contribution in [-0.4, -0.2) is 35.9 Å². The molecule has 5 heteroatoms. The van der Waals surface area contributed by atoms with Crippen LogP contribution in [0.4, 0.5) is 0 Å². The van der Waals surface area contributed by atoms with Crippen molar-refractivity contribution in [3.8, 4) is 0 Å². The van der Waals surface area contributed by atoms with Crippen LogP contribution in [-0.2, 0) is 11.2 Å². The van der Waals surface area contributed by atoms with E-state index in [-0.39, 0.29) is 5.41 Å². The standard InChI is InChI=1S/C15H27N3O2/c1-5-7-16-12(15(2,3)4)9-13-17-14(18-20-13)11-6-8-19-10-11/h11-12,16H,5-10H2,1-4H3. The molecule has 2 atom stereocenters. The molecule has 1 aliphatic rings. The minimum Gasteiger partial charge on any atom is -0.381 e. The highest BCUT2D eigenvalue weighted by molar-refractivity contribution is 4.99. The number of rotatable bonds is 6. The number of hydrogen-bond donors (Lipinski definition) is 1. The van der Waals surface area contributed by atoms with E-state index in [0.29, 0.717) is 12.0 Å². The second kappa shape index (κ2) is 6.68. The Morgan fingerprint density at radius 2 is 2.20 bits per heavy atom. The normalized spacial score (nSPS) is 21.3. The van der Waals surface area contributed by atoms with Crippen LogP contribution in [0.3, 0.4) is 0 Å². The zero-order valence-electron chi connectivity index (χ0n) is 13.1. The van der Waals surface area contributed by atoms with Crippen molar-refractivity contribution in [2.45, 2.75) is 58.9 Å². The van der Waals surface area contributed by atoms with Gasteiger partial charge in [-0.15, -0.1) is 0 Å². The predicted octanol–water partition coefficient (Wildman–Crippen LogP) is 2.53. The highest BCUT2D eigenvalue weighted by Gasteiger charge is 2.28. The smallest absolute Gasteiger partial charge is 0.228 e. The Kier molecular flexibility index (Phi) is 5.16. The van der Waals surface area contributed by atoms with Crippen LogP contribution >= 0.6 is 0 Å². The van der Waals surface area contributed by atoms with E-state index in [9.17, 15) is 0 Å². The lowest BCUT2D eigenvalue weighted by Crippen LogP contribution is -2.42. The van der Waals surface area contributed by atoms with Crippen molar-refractivity contribution < 1.29 is 9.26 Å². The lowest BCUT2D eigenvalue weighted by Gasteiger charge is -2.30. The number of aromatic nitrogens is 2. The zero-order valence-corrected chi connectivity index (χ0v) is 13.1. The Balaban J connectivity index is 1.99. The zero-order chi connectivity index (χ0) is 14.6. The molecule has 20 heavy (non-hydrogen) atoms. The maximum Gasteiger partial charge on any atom is 0.228 e. The number of nitrogens with zero attached hydrogens (tertiary/aromatic N) is 2. The third kappa shape index (κ3) is 4.03. The van der Waals surface area contributed by atoms with Crippen molar-refractivity contribution in [1.82, 2.24) is 15.5 Å². The van der Waals surface area contributed by atoms with Crippen LogP contribution in [0.5, 0.6) is 0 Å². The van der Waals surface area contributed by atoms with Gasteiger partial charge in [0.25, 0.3) is 0 Å². The Morgan fingerprint density at radius 3 is 2.80 bits per heavy atom. The van der Waals surface area contributed by atoms with Crippen LogP contribution in [0, 0.1) is 5.41 Å². The van der Waals surface area contributed by atoms with Crippen molar-refractivity contribution in [1.29, 1.82) is 0 Å². The predicted molar refractivity (Wildman–Crippen MR) is 77.7 cm³/mol. The van der Waals surface area contributed by atoms with E-state index in [0.717, 1.165) is 50.7 Å². The van der Waals surface area contributed by atoms with Gasteiger partial charge in [-0.25, -0.2) is 0 Å². The molecule has 2 rings (SSSR count). The molecule has 5 nitrogen and oxygen atoms in total. The average Bonchev–Trinajstić information content (AvgIpc) is 3.03. The SMILES string of the molecule is CCCNC(Cc1nc(C2CCOC2)no1)C(C)(C)C. The second-order valence-corrected chi connectivity index (χ2v) is 6.68. The maximum absolute atomic E-state index is 5.43. The first-order valence-corrected chi connectivity index (χ1v) is 7.64. The summed E-state index contributed by atoms with van der Waals surface area (Å²) in [5.41, 5.74) is 0.167. The maximum atomic E-state index is 5.43. The van der Waals surface area contributed by atoms with E-state index >= 15 is 0 Å². The van der Waals surface area contributed by atoms with E-state index in [1.165, 1.54) is 0 Å². The van der Waals surface area contributed by atoms with Crippen LogP contribution in [0.25, 0.3) is 0 Å². The minimum absolute atomic E-state index is 0.167. The van der Waals surface area contributed by atoms with Crippen LogP contribution < -0.4 is 5.32 Å². The average molecular weight is 281 g/mol. The third-order valence-corrected chi connectivity index (χ3v) is 3.84. The molecule has 1 aliphatic heterocycles. The number of ether oxygens (including phenoxy) is 1. The van der Waals surface area contributed by atoms with E-state index in [1.54, 1.807) is 0 Å². The molecule has 0 bridgehead atoms. The van der Waals surface area contributed by atoms with Crippen molar-refractivity contribution in [3.05, 3.63) is 11.7 Å². The third-order valence-electron chi connectivity index (χ3n) is 3.84. The van der Waals surface area contributed by atoms with Gasteiger partial charge >= 0.3 is 0 Å². The fourth-order valence-corrected chi connectivity index (χ4v) is 2.43. The molecule has 114 valence electrons. The van der Waals surface area contributed by atoms with Gasteiger partial charge in [-0.3, -0.25) is 0 Å². The molecule has 0 aliphatic carbocycles. The van der Waals surface area contributed by atoms with E-state index in [1.807, 2.05) is 0 Å². The Morgan fingerprint density at radius 1 is 1.40 bits per heavy atom. The highest BCUT2D eigenvalue weighted by atomic mass is 16.5. The number of nitrogens with one attached hydrogen (secondary N) is 1. The van der Waals surface area contributed by atoms with E-state index in [2.05, 4.69) is 43.2 Å². The first-order valence-electron chi connectivity index (χ1n) is 7.64. The minimum atomic E-state index is 0.167. The van der Waals surface area contributed by atoms with Crippen LogP contribution in [0.1, 0.15) is 58.2 Å². The summed E-state index contributed by atoms with van der Waals surface area (Å²) in [5, 5.41) is 7.70. The summed E-state index contributed by atoms with van der Waals surface area (Å²) in [6.45, 7) is 11.4. The summed E-state index contributed by atoms with van der Waals surface area (Å²) in [6, 6.07) is 0.343. The van der Waals surface area contributed by atoms with Crippen molar-refractivity contribution in [3.63, 3.8) is 0 Å². The summed E-state index contributed by atoms with van der Waals surface area (Å²) in [5.74, 6) is 1.85. The first-order chi connectivity index (χ1) is 9.50. The van der Waals surface area contributed by atoms with Gasteiger partial charge in [-0.05, 0) is 24.8 Å². The first kappa shape index (κ1) is 15.4. The molecule has 0 saturated carbocycles. The van der Waals surface area contributed by atoms with Gasteiger partial charge in [0.1, 0.15) is 0 Å². The molecular weight excluding hydrogens is 254 g/mol. The van der Waals surface area contributed by atoms with Gasteiger partial charge in [-0.2, -0.15) is 4.98 Å². The highest BCUT2D eigenvalue weighted by Crippen LogP contribution is 2.25. The topological polar surface area (TPSA) is 60.2 Å². The van der Waals surface area contributed by atoms with Gasteiger partial charge in [-0.1, -0.05) is 32.9 Å². The fraction of sp³-hybridized carbons (Fsp3) is 0.867. The molecule has 2 unspecified atom stereocenters. The largest absolute Gasteiger partial charge is 0.381 e. The summed E-state index contributed by atoms with van der Waals surface area (Å²) >= 11 is 0. The second-order valence-electron chi connectivity index (χ2n) is 6.68. The molecule has 2 heterocycles. The van der Waals surface area contributed by atoms with Crippen LogP contribution in [0.15, 0.2) is 4.52 Å². The van der Waals surface area contributed by atoms with Crippen molar-refractivity contribution in [2.24, 2.45) is 5.41 Å². The Bertz CT molecular complexity index is 405. The summed E-state index contributed by atoms with van der Waals surface area (Å²) < 4.78 is 10.8. The van der Waals surface area contributed by atoms with Gasteiger partial charge < -0.3 is 14.6 Å². The summed E-state index contributed by atoms with van der Waals surface area (Å²) in [4.78, 5) is 4.56. The van der Waals surface area contributed by atoms with Gasteiger partial charge in [0.05, 0.1) is 6.61 Å². The Labute approximate surface area is 121 Å². The van der Waals surface area contributed by atoms with Gasteiger partial charge in [0.15, 0.2) is 5.82 Å². The molecule has 1 aromatic heterocycles. The molecule has 0 spiro atoms. The molecule has 1 saturated heterocycles. The van der Waals surface area contributed by atoms with Gasteiger partial charge in [0, 0.05) is 25.0 Å². The molecule has 1 N–H and O–H groups in total. The van der Waals surface area contributed by atoms with E-state index in [4.69, 9.17) is 9.26 Å². The summed E-state index contributed by atoms with van der Waals surface area (Å²) in [6.07, 6.45) is 2.90. The molecule has 0 radical (unpaired) electrons. The Hall–Kier alpha value is -0.940. The molecule has 0 aromatic carbocycles. The lowest BCUT2D eigenvalue weighted by molar-refractivity contribution is 0.192. The van der Waals surface area contributed by atoms with Crippen LogP contribution in [0.2, 0.25) is 0 Å². The van der Waals surface area contributed by atoms with Crippen molar-refractivity contribution in [2.75, 3.05) is 19.8 Å². The number of hydrogen-bond acceptors (Lipinski definition) is 5. The quantitative estimate of drug-likeness (QED) is 0.868. The molecular formula is C15H27N3O2. The fourth-order valence-electron chi connectivity index (χ4n) is 2.43. The molecule has 1 fully saturated rings. The monoisotopic (exact) mass is 281 g/mol. The van der Waals surface area contributed by atoms with Crippen molar-refractivity contribution >= 4 is 0 Å². The van der Waals surface area contributed by atoms with E-state index < -0.39 is 0 Å². The molecule has 0 amide bonds. The summed E-state index contributed by atoms with van der Waals surface area (Å²) in [7, 11) is 0. The van der Waals surface area contributed by atoms with Gasteiger partial charge in [0.2, 0.25) is 5.89 Å².